The van der Waals surface area contributed by atoms with Crippen LogP contribution in [0.3, 0.4) is 0 Å². The molecule has 0 radical (unpaired) electrons. The van der Waals surface area contributed by atoms with Crippen molar-refractivity contribution >= 4 is 36.3 Å². The van der Waals surface area contributed by atoms with Gasteiger partial charge in [-0.2, -0.15) is 0 Å². The Morgan fingerprint density at radius 3 is 2.25 bits per heavy atom. The van der Waals surface area contributed by atoms with Crippen LogP contribution in [-0.2, 0) is 0 Å². The first-order chi connectivity index (χ1) is 5.75. The molecule has 0 amide bonds. The summed E-state index contributed by atoms with van der Waals surface area (Å²) in [4.78, 5) is 0. The van der Waals surface area contributed by atoms with Gasteiger partial charge >= 0.3 is 0 Å². The number of hydrogen-bond acceptors (Lipinski definition) is 1. The van der Waals surface area contributed by atoms with E-state index in [9.17, 15) is 0 Å². The van der Waals surface area contributed by atoms with Crippen molar-refractivity contribution in [3.8, 4) is 0 Å². The summed E-state index contributed by atoms with van der Waals surface area (Å²) in [5, 5.41) is 8.83. The number of halogens is 2. The molecular weight excluding hydrogens is 284 g/mol. The van der Waals surface area contributed by atoms with Gasteiger partial charge in [-0.1, -0.05) is 46.3 Å². The molecule has 1 aromatic carbocycles. The fraction of sp³-hybridized carbons (Fsp3) is 0.111. The summed E-state index contributed by atoms with van der Waals surface area (Å²) in [7, 11) is 0. The van der Waals surface area contributed by atoms with E-state index < -0.39 is 0 Å². The van der Waals surface area contributed by atoms with Crippen LogP contribution in [0.25, 0.3) is 4.48 Å². The molecule has 0 spiro atoms. The van der Waals surface area contributed by atoms with Crippen LogP contribution in [0.15, 0.2) is 34.8 Å². The van der Waals surface area contributed by atoms with Gasteiger partial charge in [-0.3, -0.25) is 0 Å². The molecule has 0 fully saturated rings. The molecule has 1 rings (SSSR count). The van der Waals surface area contributed by atoms with E-state index >= 15 is 0 Å². The third-order valence-corrected chi connectivity index (χ3v) is 3.52. The fourth-order valence-corrected chi connectivity index (χ4v) is 1.43. The lowest BCUT2D eigenvalue weighted by atomic mass is 10.2. The molecule has 1 nitrogen and oxygen atoms in total. The highest BCUT2D eigenvalue weighted by molar-refractivity contribution is 9.16. The lowest BCUT2D eigenvalue weighted by Crippen LogP contribution is -1.84. The van der Waals surface area contributed by atoms with Gasteiger partial charge in [0.2, 0.25) is 0 Å². The van der Waals surface area contributed by atoms with Gasteiger partial charge in [-0.05, 0) is 21.5 Å². The van der Waals surface area contributed by atoms with Gasteiger partial charge in [-0.25, -0.2) is 0 Å². The van der Waals surface area contributed by atoms with Gasteiger partial charge in [0.1, 0.15) is 0 Å². The maximum atomic E-state index is 8.83. The average Bonchev–Trinajstić information content (AvgIpc) is 2.17. The van der Waals surface area contributed by atoms with E-state index in [1.165, 1.54) is 0 Å². The minimum Gasteiger partial charge on any atom is -0.391 e. The van der Waals surface area contributed by atoms with Gasteiger partial charge in [0.15, 0.2) is 0 Å². The number of aliphatic hydroxyl groups excluding tert-OH is 1. The van der Waals surface area contributed by atoms with E-state index in [2.05, 4.69) is 31.9 Å². The molecule has 0 aliphatic heterocycles. The van der Waals surface area contributed by atoms with Gasteiger partial charge in [-0.15, -0.1) is 0 Å². The first-order valence-corrected chi connectivity index (χ1v) is 5.04. The standard InChI is InChI=1S/C9H8Br2O/c10-8(6-12)9(11)7-4-2-1-3-5-7/h1-5,12H,6H2/b9-8+. The van der Waals surface area contributed by atoms with E-state index in [0.717, 1.165) is 14.5 Å². The molecule has 0 heterocycles. The topological polar surface area (TPSA) is 20.2 Å². The highest BCUT2D eigenvalue weighted by Gasteiger charge is 2.01. The third-order valence-electron chi connectivity index (χ3n) is 1.40. The highest BCUT2D eigenvalue weighted by atomic mass is 79.9. The number of hydrogen-bond donors (Lipinski definition) is 1. The minimum atomic E-state index is 0.00940. The molecule has 0 saturated heterocycles. The van der Waals surface area contributed by atoms with Crippen LogP contribution in [-0.4, -0.2) is 11.7 Å². The van der Waals surface area contributed by atoms with Crippen LogP contribution in [0.4, 0.5) is 0 Å². The van der Waals surface area contributed by atoms with Crippen LogP contribution >= 0.6 is 31.9 Å². The number of benzene rings is 1. The van der Waals surface area contributed by atoms with Crippen LogP contribution < -0.4 is 0 Å². The summed E-state index contributed by atoms with van der Waals surface area (Å²) in [5.74, 6) is 0. The van der Waals surface area contributed by atoms with E-state index in [-0.39, 0.29) is 6.61 Å². The Bertz CT molecular complexity index is 280. The summed E-state index contributed by atoms with van der Waals surface area (Å²) in [6, 6.07) is 9.81. The molecule has 1 N–H and O–H groups in total. The Morgan fingerprint density at radius 1 is 1.17 bits per heavy atom. The van der Waals surface area contributed by atoms with Crippen molar-refractivity contribution in [1.29, 1.82) is 0 Å². The van der Waals surface area contributed by atoms with Crippen molar-refractivity contribution in [3.63, 3.8) is 0 Å². The Kier molecular flexibility index (Phi) is 3.98. The Hall–Kier alpha value is -0.120. The lowest BCUT2D eigenvalue weighted by molar-refractivity contribution is 0.341. The van der Waals surface area contributed by atoms with Crippen LogP contribution in [0.1, 0.15) is 5.56 Å². The number of aliphatic hydroxyl groups is 1. The molecule has 0 aromatic heterocycles. The lowest BCUT2D eigenvalue weighted by Gasteiger charge is -2.01. The minimum absolute atomic E-state index is 0.00940. The van der Waals surface area contributed by atoms with Crippen LogP contribution in [0.5, 0.6) is 0 Å². The van der Waals surface area contributed by atoms with Gasteiger partial charge in [0, 0.05) is 8.96 Å². The highest BCUT2D eigenvalue weighted by Crippen LogP contribution is 2.27. The van der Waals surface area contributed by atoms with E-state index in [1.807, 2.05) is 30.3 Å². The van der Waals surface area contributed by atoms with E-state index in [0.29, 0.717) is 0 Å². The maximum absolute atomic E-state index is 8.83. The van der Waals surface area contributed by atoms with Crippen molar-refractivity contribution < 1.29 is 5.11 Å². The zero-order valence-corrected chi connectivity index (χ0v) is 9.47. The first-order valence-electron chi connectivity index (χ1n) is 3.46. The van der Waals surface area contributed by atoms with Gasteiger partial charge in [0.05, 0.1) is 6.61 Å². The molecule has 12 heavy (non-hydrogen) atoms. The molecule has 0 aliphatic rings. The molecule has 0 saturated carbocycles. The maximum Gasteiger partial charge on any atom is 0.0758 e. The van der Waals surface area contributed by atoms with E-state index in [4.69, 9.17) is 5.11 Å². The summed E-state index contributed by atoms with van der Waals surface area (Å²) >= 11 is 6.65. The summed E-state index contributed by atoms with van der Waals surface area (Å²) in [6.07, 6.45) is 0. The zero-order valence-electron chi connectivity index (χ0n) is 6.30. The van der Waals surface area contributed by atoms with Gasteiger partial charge in [0.25, 0.3) is 0 Å². The molecule has 1 aromatic rings. The zero-order chi connectivity index (χ0) is 8.97. The van der Waals surface area contributed by atoms with Crippen molar-refractivity contribution in [2.45, 2.75) is 0 Å². The first kappa shape index (κ1) is 9.96. The van der Waals surface area contributed by atoms with Crippen molar-refractivity contribution in [2.75, 3.05) is 6.61 Å². The monoisotopic (exact) mass is 290 g/mol. The largest absolute Gasteiger partial charge is 0.391 e. The number of rotatable bonds is 2. The Balaban J connectivity index is 3.00. The Morgan fingerprint density at radius 2 is 1.75 bits per heavy atom. The second-order valence-corrected chi connectivity index (χ2v) is 3.99. The summed E-state index contributed by atoms with van der Waals surface area (Å²) < 4.78 is 1.65. The second kappa shape index (κ2) is 4.80. The second-order valence-electron chi connectivity index (χ2n) is 2.24. The average molecular weight is 292 g/mol. The molecule has 0 aliphatic carbocycles. The molecular formula is C9H8Br2O. The summed E-state index contributed by atoms with van der Waals surface area (Å²) in [6.45, 7) is 0.00940. The van der Waals surface area contributed by atoms with E-state index in [1.54, 1.807) is 0 Å². The predicted octanol–water partition coefficient (Wildman–Crippen LogP) is 3.14. The smallest absolute Gasteiger partial charge is 0.0758 e. The molecule has 0 bridgehead atoms. The van der Waals surface area contributed by atoms with Crippen molar-refractivity contribution in [1.82, 2.24) is 0 Å². The molecule has 64 valence electrons. The molecule has 0 unspecified atom stereocenters. The van der Waals surface area contributed by atoms with Crippen LogP contribution in [0, 0.1) is 0 Å². The van der Waals surface area contributed by atoms with Crippen molar-refractivity contribution in [2.24, 2.45) is 0 Å². The van der Waals surface area contributed by atoms with Crippen LogP contribution in [0.2, 0.25) is 0 Å². The fourth-order valence-electron chi connectivity index (χ4n) is 0.811. The SMILES string of the molecule is OC/C(Br)=C(\Br)c1ccccc1. The Labute approximate surface area is 88.4 Å². The molecule has 3 heteroatoms. The third kappa shape index (κ3) is 2.44. The normalized spacial score (nSPS) is 12.6. The van der Waals surface area contributed by atoms with Crippen molar-refractivity contribution in [3.05, 3.63) is 40.4 Å². The summed E-state index contributed by atoms with van der Waals surface area (Å²) in [5.41, 5.74) is 1.05. The predicted molar refractivity (Wildman–Crippen MR) is 58.3 cm³/mol. The quantitative estimate of drug-likeness (QED) is 0.888. The molecule has 0 atom stereocenters. The van der Waals surface area contributed by atoms with Gasteiger partial charge < -0.3 is 5.11 Å².